The number of benzene rings is 1. The number of hydrogen-bond acceptors (Lipinski definition) is 2. The molecule has 1 aromatic carbocycles. The van der Waals surface area contributed by atoms with Gasteiger partial charge in [-0.2, -0.15) is 0 Å². The molecule has 0 bridgehead atoms. The Balaban J connectivity index is 2.49. The molecule has 1 aromatic rings. The quantitative estimate of drug-likeness (QED) is 0.513. The lowest BCUT2D eigenvalue weighted by molar-refractivity contribution is 0.544. The second-order valence-corrected chi connectivity index (χ2v) is 6.18. The maximum absolute atomic E-state index is 4.14. The summed E-state index contributed by atoms with van der Waals surface area (Å²) in [5.41, 5.74) is 2.68. The lowest BCUT2D eigenvalue weighted by Gasteiger charge is -2.19. The average molecular weight is 277 g/mol. The molecule has 0 aliphatic rings. The van der Waals surface area contributed by atoms with Crippen molar-refractivity contribution in [1.82, 2.24) is 5.32 Å². The summed E-state index contributed by atoms with van der Waals surface area (Å²) in [5, 5.41) is 3.64. The minimum atomic E-state index is 0.540. The molecule has 0 saturated carbocycles. The van der Waals surface area contributed by atoms with Gasteiger partial charge in [-0.15, -0.1) is 11.8 Å². The van der Waals surface area contributed by atoms with E-state index in [1.54, 1.807) is 0 Å². The van der Waals surface area contributed by atoms with E-state index in [-0.39, 0.29) is 0 Å². The predicted octanol–water partition coefficient (Wildman–Crippen LogP) is 4.81. The standard InChI is InChI=1S/C17H27NS/c1-5-10-18-16(11-14(3)6-2)13-19-17-9-7-8-15(4)12-17/h7-9,12,16,18H,3,5-6,10-11,13H2,1-2,4H3. The predicted molar refractivity (Wildman–Crippen MR) is 88.0 cm³/mol. The van der Waals surface area contributed by atoms with Crippen LogP contribution in [0.5, 0.6) is 0 Å². The fraction of sp³-hybridized carbons (Fsp3) is 0.529. The van der Waals surface area contributed by atoms with Gasteiger partial charge in [-0.05, 0) is 44.9 Å². The molecule has 0 fully saturated rings. The van der Waals surface area contributed by atoms with Crippen LogP contribution in [0.2, 0.25) is 0 Å². The maximum atomic E-state index is 4.14. The highest BCUT2D eigenvalue weighted by Crippen LogP contribution is 2.21. The minimum Gasteiger partial charge on any atom is -0.313 e. The molecular weight excluding hydrogens is 250 g/mol. The minimum absolute atomic E-state index is 0.540. The van der Waals surface area contributed by atoms with Crippen molar-refractivity contribution in [2.45, 2.75) is 51.0 Å². The van der Waals surface area contributed by atoms with E-state index in [9.17, 15) is 0 Å². The molecule has 0 saturated heterocycles. The van der Waals surface area contributed by atoms with Crippen molar-refractivity contribution in [3.63, 3.8) is 0 Å². The van der Waals surface area contributed by atoms with Crippen molar-refractivity contribution in [3.8, 4) is 0 Å². The van der Waals surface area contributed by atoms with Gasteiger partial charge in [0.25, 0.3) is 0 Å². The molecule has 1 N–H and O–H groups in total. The van der Waals surface area contributed by atoms with Crippen LogP contribution in [0.25, 0.3) is 0 Å². The van der Waals surface area contributed by atoms with Gasteiger partial charge in [-0.1, -0.05) is 43.7 Å². The Kier molecular flexibility index (Phi) is 7.92. The zero-order valence-corrected chi connectivity index (χ0v) is 13.4. The molecular formula is C17H27NS. The number of aryl methyl sites for hydroxylation is 1. The third-order valence-electron chi connectivity index (χ3n) is 3.16. The van der Waals surface area contributed by atoms with Crippen LogP contribution in [0.4, 0.5) is 0 Å². The summed E-state index contributed by atoms with van der Waals surface area (Å²) in [6, 6.07) is 9.28. The summed E-state index contributed by atoms with van der Waals surface area (Å²) < 4.78 is 0. The zero-order chi connectivity index (χ0) is 14.1. The Morgan fingerprint density at radius 2 is 2.16 bits per heavy atom. The molecule has 1 rings (SSSR count). The first-order valence-electron chi connectivity index (χ1n) is 7.25. The van der Waals surface area contributed by atoms with Crippen molar-refractivity contribution < 1.29 is 0 Å². The van der Waals surface area contributed by atoms with Crippen LogP contribution in [0.1, 0.15) is 38.7 Å². The van der Waals surface area contributed by atoms with E-state index >= 15 is 0 Å². The van der Waals surface area contributed by atoms with Crippen molar-refractivity contribution in [2.75, 3.05) is 12.3 Å². The van der Waals surface area contributed by atoms with E-state index in [2.05, 4.69) is 56.9 Å². The summed E-state index contributed by atoms with van der Waals surface area (Å²) >= 11 is 1.94. The van der Waals surface area contributed by atoms with Crippen molar-refractivity contribution in [2.24, 2.45) is 0 Å². The van der Waals surface area contributed by atoms with Crippen LogP contribution >= 0.6 is 11.8 Å². The maximum Gasteiger partial charge on any atom is 0.0198 e. The summed E-state index contributed by atoms with van der Waals surface area (Å²) in [6.07, 6.45) is 3.36. The highest BCUT2D eigenvalue weighted by molar-refractivity contribution is 7.99. The number of rotatable bonds is 9. The van der Waals surface area contributed by atoms with Gasteiger partial charge in [0, 0.05) is 16.7 Å². The van der Waals surface area contributed by atoms with Crippen LogP contribution in [-0.4, -0.2) is 18.3 Å². The van der Waals surface area contributed by atoms with Gasteiger partial charge in [0.1, 0.15) is 0 Å². The van der Waals surface area contributed by atoms with Gasteiger partial charge in [0.2, 0.25) is 0 Å². The molecule has 0 aromatic heterocycles. The van der Waals surface area contributed by atoms with E-state index in [1.165, 1.54) is 22.5 Å². The van der Waals surface area contributed by atoms with Gasteiger partial charge >= 0.3 is 0 Å². The van der Waals surface area contributed by atoms with E-state index in [1.807, 2.05) is 11.8 Å². The molecule has 19 heavy (non-hydrogen) atoms. The largest absolute Gasteiger partial charge is 0.313 e. The Bertz CT molecular complexity index is 387. The van der Waals surface area contributed by atoms with E-state index in [0.29, 0.717) is 6.04 Å². The second-order valence-electron chi connectivity index (χ2n) is 5.09. The second kappa shape index (κ2) is 9.22. The van der Waals surface area contributed by atoms with Gasteiger partial charge in [0.15, 0.2) is 0 Å². The smallest absolute Gasteiger partial charge is 0.0198 e. The van der Waals surface area contributed by atoms with Crippen LogP contribution in [0.3, 0.4) is 0 Å². The highest BCUT2D eigenvalue weighted by atomic mass is 32.2. The highest BCUT2D eigenvalue weighted by Gasteiger charge is 2.09. The van der Waals surface area contributed by atoms with Crippen molar-refractivity contribution >= 4 is 11.8 Å². The third-order valence-corrected chi connectivity index (χ3v) is 4.32. The Morgan fingerprint density at radius 3 is 2.79 bits per heavy atom. The molecule has 0 heterocycles. The van der Waals surface area contributed by atoms with E-state index in [4.69, 9.17) is 0 Å². The van der Waals surface area contributed by atoms with Crippen LogP contribution in [0, 0.1) is 6.92 Å². The fourth-order valence-electron chi connectivity index (χ4n) is 1.93. The Hall–Kier alpha value is -0.730. The lowest BCUT2D eigenvalue weighted by atomic mass is 10.1. The topological polar surface area (TPSA) is 12.0 Å². The number of thioether (sulfide) groups is 1. The third kappa shape index (κ3) is 6.84. The SMILES string of the molecule is C=C(CC)CC(CSc1cccc(C)c1)NCCC. The van der Waals surface area contributed by atoms with Gasteiger partial charge in [-0.3, -0.25) is 0 Å². The molecule has 2 heteroatoms. The van der Waals surface area contributed by atoms with Gasteiger partial charge in [-0.25, -0.2) is 0 Å². The summed E-state index contributed by atoms with van der Waals surface area (Å²) in [4.78, 5) is 1.37. The number of nitrogens with one attached hydrogen (secondary N) is 1. The Morgan fingerprint density at radius 1 is 1.37 bits per heavy atom. The lowest BCUT2D eigenvalue weighted by Crippen LogP contribution is -2.32. The average Bonchev–Trinajstić information content (AvgIpc) is 2.41. The van der Waals surface area contributed by atoms with Crippen LogP contribution in [-0.2, 0) is 0 Å². The first-order chi connectivity index (χ1) is 9.15. The number of hydrogen-bond donors (Lipinski definition) is 1. The van der Waals surface area contributed by atoms with Crippen LogP contribution < -0.4 is 5.32 Å². The van der Waals surface area contributed by atoms with E-state index in [0.717, 1.165) is 25.1 Å². The first kappa shape index (κ1) is 16.3. The van der Waals surface area contributed by atoms with Crippen molar-refractivity contribution in [1.29, 1.82) is 0 Å². The van der Waals surface area contributed by atoms with Crippen molar-refractivity contribution in [3.05, 3.63) is 42.0 Å². The molecule has 1 nitrogen and oxygen atoms in total. The normalized spacial score (nSPS) is 12.4. The summed E-state index contributed by atoms with van der Waals surface area (Å²) in [6.45, 7) is 11.8. The van der Waals surface area contributed by atoms with Crippen LogP contribution in [0.15, 0.2) is 41.3 Å². The molecule has 1 atom stereocenters. The molecule has 0 aliphatic carbocycles. The monoisotopic (exact) mass is 277 g/mol. The molecule has 0 aliphatic heterocycles. The first-order valence-corrected chi connectivity index (χ1v) is 8.23. The molecule has 0 radical (unpaired) electrons. The molecule has 106 valence electrons. The molecule has 0 spiro atoms. The summed E-state index contributed by atoms with van der Waals surface area (Å²) in [5.74, 6) is 1.11. The Labute approximate surface area is 122 Å². The molecule has 1 unspecified atom stereocenters. The molecule has 0 amide bonds. The summed E-state index contributed by atoms with van der Waals surface area (Å²) in [7, 11) is 0. The van der Waals surface area contributed by atoms with Gasteiger partial charge < -0.3 is 5.32 Å². The van der Waals surface area contributed by atoms with E-state index < -0.39 is 0 Å². The van der Waals surface area contributed by atoms with Gasteiger partial charge in [0.05, 0.1) is 0 Å². The zero-order valence-electron chi connectivity index (χ0n) is 12.5. The fourth-order valence-corrected chi connectivity index (χ4v) is 3.01.